The molecule has 0 spiro atoms. The van der Waals surface area contributed by atoms with Crippen LogP contribution in [0.2, 0.25) is 0 Å². The molecule has 6 heteroatoms. The summed E-state index contributed by atoms with van der Waals surface area (Å²) in [5, 5.41) is 3.81. The molecule has 0 aliphatic rings. The van der Waals surface area contributed by atoms with E-state index in [9.17, 15) is 0 Å². The third kappa shape index (κ3) is 2.54. The molecule has 1 aromatic carbocycles. The lowest BCUT2D eigenvalue weighted by molar-refractivity contribution is 0.368. The Morgan fingerprint density at radius 3 is 2.80 bits per heavy atom. The molecule has 0 unspecified atom stereocenters. The molecule has 0 radical (unpaired) electrons. The van der Waals surface area contributed by atoms with Crippen LogP contribution in [0.4, 0.5) is 0 Å². The van der Waals surface area contributed by atoms with Gasteiger partial charge in [-0.2, -0.15) is 4.98 Å². The maximum atomic E-state index is 5.86. The van der Waals surface area contributed by atoms with E-state index >= 15 is 0 Å². The van der Waals surface area contributed by atoms with Gasteiger partial charge in [0.05, 0.1) is 11.0 Å². The lowest BCUT2D eigenvalue weighted by Crippen LogP contribution is -2.07. The van der Waals surface area contributed by atoms with Crippen molar-refractivity contribution in [3.63, 3.8) is 0 Å². The second-order valence-electron chi connectivity index (χ2n) is 4.59. The van der Waals surface area contributed by atoms with Crippen LogP contribution in [0.25, 0.3) is 11.0 Å². The van der Waals surface area contributed by atoms with Crippen LogP contribution in [0.15, 0.2) is 28.8 Å². The van der Waals surface area contributed by atoms with Crippen molar-refractivity contribution in [3.8, 4) is 0 Å². The molecule has 0 amide bonds. The number of hydrogen-bond acceptors (Lipinski definition) is 4. The number of benzene rings is 1. The molecule has 104 valence electrons. The van der Waals surface area contributed by atoms with Crippen LogP contribution >= 0.6 is 11.6 Å². The summed E-state index contributed by atoms with van der Waals surface area (Å²) in [7, 11) is 0. The van der Waals surface area contributed by atoms with Gasteiger partial charge in [0.25, 0.3) is 0 Å². The predicted molar refractivity (Wildman–Crippen MR) is 76.9 cm³/mol. The van der Waals surface area contributed by atoms with Crippen molar-refractivity contribution in [1.29, 1.82) is 0 Å². The number of fused-ring (bicyclic) bond motifs is 1. The van der Waals surface area contributed by atoms with Crippen molar-refractivity contribution in [2.24, 2.45) is 0 Å². The second-order valence-corrected chi connectivity index (χ2v) is 4.97. The summed E-state index contributed by atoms with van der Waals surface area (Å²) in [6.07, 6.45) is 1.44. The summed E-state index contributed by atoms with van der Waals surface area (Å²) in [6, 6.07) is 8.09. The number of aryl methyl sites for hydroxylation is 4. The predicted octanol–water partition coefficient (Wildman–Crippen LogP) is 2.75. The van der Waals surface area contributed by atoms with Crippen molar-refractivity contribution < 1.29 is 4.52 Å². The van der Waals surface area contributed by atoms with Gasteiger partial charge in [0.15, 0.2) is 5.82 Å². The number of para-hydroxylation sites is 2. The van der Waals surface area contributed by atoms with Crippen LogP contribution in [-0.2, 0) is 19.4 Å². The van der Waals surface area contributed by atoms with Crippen LogP contribution in [-0.4, -0.2) is 25.6 Å². The first-order chi connectivity index (χ1) is 9.78. The van der Waals surface area contributed by atoms with E-state index in [-0.39, 0.29) is 0 Å². The summed E-state index contributed by atoms with van der Waals surface area (Å²) in [6.45, 7) is 2.58. The van der Waals surface area contributed by atoms with Crippen LogP contribution < -0.4 is 0 Å². The Bertz CT molecular complexity index is 719. The summed E-state index contributed by atoms with van der Waals surface area (Å²) < 4.78 is 7.33. The molecule has 0 aliphatic carbocycles. The molecule has 3 rings (SSSR count). The van der Waals surface area contributed by atoms with Gasteiger partial charge in [0.1, 0.15) is 5.82 Å². The number of alkyl halides is 1. The van der Waals surface area contributed by atoms with Crippen LogP contribution in [0, 0.1) is 6.92 Å². The van der Waals surface area contributed by atoms with Gasteiger partial charge in [0.2, 0.25) is 5.89 Å². The number of aromatic nitrogens is 4. The van der Waals surface area contributed by atoms with Gasteiger partial charge in [0, 0.05) is 25.3 Å². The lowest BCUT2D eigenvalue weighted by atomic mass is 10.3. The smallest absolute Gasteiger partial charge is 0.228 e. The minimum absolute atomic E-state index is 0.559. The third-order valence-corrected chi connectivity index (χ3v) is 3.36. The molecular formula is C14H15ClN4O. The van der Waals surface area contributed by atoms with Crippen molar-refractivity contribution in [1.82, 2.24) is 19.7 Å². The number of nitrogens with zero attached hydrogens (tertiary/aromatic N) is 4. The summed E-state index contributed by atoms with van der Waals surface area (Å²) in [5.41, 5.74) is 2.11. The molecule has 0 N–H and O–H groups in total. The molecule has 3 aromatic rings. The number of halogens is 1. The van der Waals surface area contributed by atoms with E-state index < -0.39 is 0 Å². The summed E-state index contributed by atoms with van der Waals surface area (Å²) >= 11 is 5.86. The van der Waals surface area contributed by atoms with Gasteiger partial charge in [-0.05, 0) is 19.1 Å². The van der Waals surface area contributed by atoms with E-state index in [2.05, 4.69) is 25.8 Å². The normalized spacial score (nSPS) is 11.3. The monoisotopic (exact) mass is 290 g/mol. The zero-order valence-corrected chi connectivity index (χ0v) is 12.0. The number of imidazole rings is 1. The molecule has 0 aliphatic heterocycles. The minimum atomic E-state index is 0.559. The van der Waals surface area contributed by atoms with Crippen molar-refractivity contribution in [2.45, 2.75) is 26.3 Å². The highest BCUT2D eigenvalue weighted by atomic mass is 35.5. The first-order valence-electron chi connectivity index (χ1n) is 6.57. The van der Waals surface area contributed by atoms with Crippen LogP contribution in [0.1, 0.15) is 17.5 Å². The SMILES string of the molecule is Cc1noc(CCn2c(CCCl)nc3ccccc32)n1. The van der Waals surface area contributed by atoms with Gasteiger partial charge in [-0.15, -0.1) is 11.6 Å². The molecule has 2 aromatic heterocycles. The highest BCUT2D eigenvalue weighted by Crippen LogP contribution is 2.17. The largest absolute Gasteiger partial charge is 0.339 e. The zero-order chi connectivity index (χ0) is 13.9. The van der Waals surface area contributed by atoms with E-state index in [4.69, 9.17) is 16.1 Å². The highest BCUT2D eigenvalue weighted by Gasteiger charge is 2.11. The topological polar surface area (TPSA) is 56.7 Å². The first-order valence-corrected chi connectivity index (χ1v) is 7.10. The average molecular weight is 291 g/mol. The molecule has 20 heavy (non-hydrogen) atoms. The Balaban J connectivity index is 1.90. The minimum Gasteiger partial charge on any atom is -0.339 e. The fraction of sp³-hybridized carbons (Fsp3) is 0.357. The van der Waals surface area contributed by atoms with E-state index in [1.807, 2.05) is 25.1 Å². The fourth-order valence-electron chi connectivity index (χ4n) is 2.30. The van der Waals surface area contributed by atoms with Crippen LogP contribution in [0.5, 0.6) is 0 Å². The maximum absolute atomic E-state index is 5.86. The Morgan fingerprint density at radius 1 is 1.20 bits per heavy atom. The zero-order valence-electron chi connectivity index (χ0n) is 11.2. The molecular weight excluding hydrogens is 276 g/mol. The van der Waals surface area contributed by atoms with Gasteiger partial charge in [-0.25, -0.2) is 4.98 Å². The third-order valence-electron chi connectivity index (χ3n) is 3.17. The van der Waals surface area contributed by atoms with Gasteiger partial charge in [-0.3, -0.25) is 0 Å². The molecule has 2 heterocycles. The molecule has 0 saturated carbocycles. The van der Waals surface area contributed by atoms with Gasteiger partial charge >= 0.3 is 0 Å². The number of rotatable bonds is 5. The van der Waals surface area contributed by atoms with Gasteiger partial charge < -0.3 is 9.09 Å². The summed E-state index contributed by atoms with van der Waals surface area (Å²) in [4.78, 5) is 8.86. The quantitative estimate of drug-likeness (QED) is 0.678. The molecule has 0 fully saturated rings. The van der Waals surface area contributed by atoms with Crippen molar-refractivity contribution >= 4 is 22.6 Å². The molecule has 0 bridgehead atoms. The Kier molecular flexibility index (Phi) is 3.69. The number of hydrogen-bond donors (Lipinski definition) is 0. The van der Waals surface area contributed by atoms with Crippen molar-refractivity contribution in [2.75, 3.05) is 5.88 Å². The molecule has 5 nitrogen and oxygen atoms in total. The van der Waals surface area contributed by atoms with E-state index in [0.717, 1.165) is 29.8 Å². The lowest BCUT2D eigenvalue weighted by Gasteiger charge is -2.06. The Labute approximate surface area is 121 Å². The molecule has 0 saturated heterocycles. The van der Waals surface area contributed by atoms with Gasteiger partial charge in [-0.1, -0.05) is 17.3 Å². The van der Waals surface area contributed by atoms with Crippen molar-refractivity contribution in [3.05, 3.63) is 41.8 Å². The Hall–Kier alpha value is -1.88. The molecule has 0 atom stereocenters. The highest BCUT2D eigenvalue weighted by molar-refractivity contribution is 6.17. The average Bonchev–Trinajstić information content (AvgIpc) is 3.00. The standard InChI is InChI=1S/C14H15ClN4O/c1-10-16-14(20-18-10)7-9-19-12-5-3-2-4-11(12)17-13(19)6-8-15/h2-5H,6-9H2,1H3. The van der Waals surface area contributed by atoms with E-state index in [1.165, 1.54) is 0 Å². The Morgan fingerprint density at radius 2 is 2.05 bits per heavy atom. The fourth-order valence-corrected chi connectivity index (χ4v) is 2.47. The first kappa shape index (κ1) is 13.1. The summed E-state index contributed by atoms with van der Waals surface area (Å²) in [5.74, 6) is 2.87. The maximum Gasteiger partial charge on any atom is 0.228 e. The second kappa shape index (κ2) is 5.63. The van der Waals surface area contributed by atoms with E-state index in [0.29, 0.717) is 24.0 Å². The van der Waals surface area contributed by atoms with E-state index in [1.54, 1.807) is 0 Å². The van der Waals surface area contributed by atoms with Crippen LogP contribution in [0.3, 0.4) is 0 Å².